The second kappa shape index (κ2) is 11.2. The zero-order valence-electron chi connectivity index (χ0n) is 23.6. The van der Waals surface area contributed by atoms with Crippen molar-refractivity contribution in [3.63, 3.8) is 0 Å². The van der Waals surface area contributed by atoms with Crippen LogP contribution in [0.2, 0.25) is 0 Å². The predicted octanol–water partition coefficient (Wildman–Crippen LogP) is 6.41. The van der Waals surface area contributed by atoms with E-state index in [1.54, 1.807) is 11.8 Å². The minimum Gasteiger partial charge on any atom is -0.340 e. The van der Waals surface area contributed by atoms with E-state index < -0.39 is 11.0 Å². The van der Waals surface area contributed by atoms with Gasteiger partial charge >= 0.3 is 0 Å². The zero-order chi connectivity index (χ0) is 27.9. The van der Waals surface area contributed by atoms with Gasteiger partial charge in [-0.15, -0.1) is 11.8 Å². The highest BCUT2D eigenvalue weighted by Crippen LogP contribution is 2.46. The Morgan fingerprint density at radius 2 is 1.73 bits per heavy atom. The largest absolute Gasteiger partial charge is 0.340 e. The van der Waals surface area contributed by atoms with Gasteiger partial charge in [-0.3, -0.25) is 4.40 Å². The Morgan fingerprint density at radius 1 is 1.02 bits per heavy atom. The SMILES string of the molecule is CCSc1ccccc1Sc1cnc(N2CCC3(Cc4ccccc4C3)C(N[S@](=O)C(C)(C)C)C2)n2ccnc12. The Balaban J connectivity index is 1.30. The van der Waals surface area contributed by atoms with Crippen molar-refractivity contribution in [1.82, 2.24) is 19.1 Å². The molecule has 210 valence electrons. The predicted molar refractivity (Wildman–Crippen MR) is 168 cm³/mol. The molecule has 1 N–H and O–H groups in total. The fraction of sp³-hybridized carbons (Fsp3) is 0.419. The van der Waals surface area contributed by atoms with E-state index in [2.05, 4.69) is 69.5 Å². The normalized spacial score (nSPS) is 19.3. The molecule has 2 aliphatic rings. The van der Waals surface area contributed by atoms with Gasteiger partial charge in [0.1, 0.15) is 0 Å². The van der Waals surface area contributed by atoms with Crippen molar-refractivity contribution in [1.29, 1.82) is 0 Å². The molecule has 1 aliphatic carbocycles. The second-order valence-corrected chi connectivity index (χ2v) is 16.1. The Labute approximate surface area is 248 Å². The smallest absolute Gasteiger partial charge is 0.211 e. The molecule has 0 radical (unpaired) electrons. The molecule has 0 saturated carbocycles. The molecule has 3 heterocycles. The van der Waals surface area contributed by atoms with E-state index in [1.165, 1.54) is 20.9 Å². The van der Waals surface area contributed by atoms with Crippen LogP contribution in [0.4, 0.5) is 5.95 Å². The summed E-state index contributed by atoms with van der Waals surface area (Å²) in [6, 6.07) is 17.4. The first-order valence-electron chi connectivity index (χ1n) is 14.0. The number of benzene rings is 2. The van der Waals surface area contributed by atoms with E-state index in [9.17, 15) is 4.21 Å². The number of hydrogen-bond donors (Lipinski definition) is 1. The van der Waals surface area contributed by atoms with E-state index in [1.807, 2.05) is 51.1 Å². The Bertz CT molecular complexity index is 1520. The average Bonchev–Trinajstić information content (AvgIpc) is 3.57. The van der Waals surface area contributed by atoms with Crippen molar-refractivity contribution in [2.24, 2.45) is 5.41 Å². The maximum absolute atomic E-state index is 13.4. The van der Waals surface area contributed by atoms with Crippen molar-refractivity contribution in [3.05, 3.63) is 78.2 Å². The highest BCUT2D eigenvalue weighted by Gasteiger charge is 2.48. The zero-order valence-corrected chi connectivity index (χ0v) is 26.0. The van der Waals surface area contributed by atoms with Crippen LogP contribution in [-0.4, -0.2) is 48.2 Å². The Hall–Kier alpha value is -2.33. The number of anilines is 1. The van der Waals surface area contributed by atoms with Gasteiger partial charge in [-0.05, 0) is 74.5 Å². The lowest BCUT2D eigenvalue weighted by Crippen LogP contribution is -2.60. The first kappa shape index (κ1) is 27.8. The van der Waals surface area contributed by atoms with E-state index in [-0.39, 0.29) is 16.2 Å². The highest BCUT2D eigenvalue weighted by atomic mass is 32.2. The minimum atomic E-state index is -1.16. The first-order valence-corrected chi connectivity index (χ1v) is 16.9. The lowest BCUT2D eigenvalue weighted by Gasteiger charge is -2.47. The van der Waals surface area contributed by atoms with Crippen LogP contribution in [0.3, 0.4) is 0 Å². The van der Waals surface area contributed by atoms with Crippen molar-refractivity contribution >= 4 is 46.1 Å². The molecule has 1 unspecified atom stereocenters. The molecule has 1 saturated heterocycles. The van der Waals surface area contributed by atoms with Crippen LogP contribution in [0.1, 0.15) is 45.2 Å². The molecule has 6 rings (SSSR count). The van der Waals surface area contributed by atoms with Gasteiger partial charge in [-0.1, -0.05) is 55.1 Å². The van der Waals surface area contributed by atoms with Gasteiger partial charge in [0.15, 0.2) is 5.65 Å². The fourth-order valence-corrected chi connectivity index (χ4v) is 8.79. The van der Waals surface area contributed by atoms with E-state index >= 15 is 0 Å². The van der Waals surface area contributed by atoms with Gasteiger partial charge in [-0.25, -0.2) is 18.9 Å². The van der Waals surface area contributed by atoms with E-state index in [4.69, 9.17) is 9.97 Å². The standard InChI is InChI=1S/C31H37N5OS3/c1-5-38-24-12-8-9-13-25(24)39-26-20-33-29(36-17-15-32-28(26)36)35-16-14-31(18-22-10-6-7-11-23(22)19-31)27(21-35)34-40(37)30(2,3)4/h6-13,15,17,20,27,34H,5,14,16,18-19,21H2,1-4H3/t27?,40-/m1/s1. The van der Waals surface area contributed by atoms with Crippen LogP contribution in [0, 0.1) is 5.41 Å². The van der Waals surface area contributed by atoms with Gasteiger partial charge in [0.25, 0.3) is 0 Å². The first-order chi connectivity index (χ1) is 19.3. The van der Waals surface area contributed by atoms with Crippen LogP contribution in [0.5, 0.6) is 0 Å². The molecule has 2 aromatic heterocycles. The molecule has 1 spiro atoms. The number of rotatable bonds is 7. The number of imidazole rings is 1. The Kier molecular flexibility index (Phi) is 7.76. The summed E-state index contributed by atoms with van der Waals surface area (Å²) in [7, 11) is -1.16. The third kappa shape index (κ3) is 5.33. The number of hydrogen-bond acceptors (Lipinski definition) is 6. The van der Waals surface area contributed by atoms with Crippen molar-refractivity contribution in [3.8, 4) is 0 Å². The number of nitrogens with zero attached hydrogens (tertiary/aromatic N) is 4. The summed E-state index contributed by atoms with van der Waals surface area (Å²) >= 11 is 3.58. The highest BCUT2D eigenvalue weighted by molar-refractivity contribution is 8.02. The average molecular weight is 592 g/mol. The number of nitrogens with one attached hydrogen (secondary N) is 1. The molecule has 2 atom stereocenters. The molecule has 2 aromatic carbocycles. The van der Waals surface area contributed by atoms with Gasteiger partial charge in [0.05, 0.1) is 20.6 Å². The number of piperidine rings is 1. The third-order valence-electron chi connectivity index (χ3n) is 8.06. The van der Waals surface area contributed by atoms with Gasteiger partial charge in [0, 0.05) is 47.5 Å². The molecule has 6 nitrogen and oxygen atoms in total. The van der Waals surface area contributed by atoms with Crippen LogP contribution in [0.15, 0.2) is 81.8 Å². The van der Waals surface area contributed by atoms with E-state index in [0.717, 1.165) is 54.6 Å². The molecule has 0 bridgehead atoms. The number of aromatic nitrogens is 3. The molecule has 1 fully saturated rings. The summed E-state index contributed by atoms with van der Waals surface area (Å²) in [4.78, 5) is 15.7. The Morgan fingerprint density at radius 3 is 2.42 bits per heavy atom. The monoisotopic (exact) mass is 591 g/mol. The second-order valence-electron chi connectivity index (χ2n) is 11.8. The molecule has 40 heavy (non-hydrogen) atoms. The van der Waals surface area contributed by atoms with Crippen LogP contribution < -0.4 is 9.62 Å². The van der Waals surface area contributed by atoms with Crippen molar-refractivity contribution in [2.75, 3.05) is 23.7 Å². The van der Waals surface area contributed by atoms with Crippen LogP contribution >= 0.6 is 23.5 Å². The molecule has 9 heteroatoms. The lowest BCUT2D eigenvalue weighted by molar-refractivity contribution is 0.181. The molecular formula is C31H37N5OS3. The van der Waals surface area contributed by atoms with Crippen molar-refractivity contribution < 1.29 is 4.21 Å². The topological polar surface area (TPSA) is 62.5 Å². The summed E-state index contributed by atoms with van der Waals surface area (Å²) in [5.41, 5.74) is 3.83. The van der Waals surface area contributed by atoms with Gasteiger partial charge < -0.3 is 4.90 Å². The summed E-state index contributed by atoms with van der Waals surface area (Å²) < 4.78 is 18.8. The minimum absolute atomic E-state index is 0.0472. The summed E-state index contributed by atoms with van der Waals surface area (Å²) in [5, 5.41) is 0. The maximum Gasteiger partial charge on any atom is 0.211 e. The molecule has 0 amide bonds. The third-order valence-corrected chi connectivity index (χ3v) is 11.8. The van der Waals surface area contributed by atoms with Gasteiger partial charge in [0.2, 0.25) is 5.95 Å². The summed E-state index contributed by atoms with van der Waals surface area (Å²) in [5.74, 6) is 1.93. The van der Waals surface area contributed by atoms with E-state index in [0.29, 0.717) is 0 Å². The molecular weight excluding hydrogens is 555 g/mol. The fourth-order valence-electron chi connectivity index (χ4n) is 5.95. The summed E-state index contributed by atoms with van der Waals surface area (Å²) in [6.07, 6.45) is 8.90. The van der Waals surface area contributed by atoms with Gasteiger partial charge in [-0.2, -0.15) is 0 Å². The lowest BCUT2D eigenvalue weighted by atomic mass is 9.72. The van der Waals surface area contributed by atoms with Crippen LogP contribution in [0.25, 0.3) is 5.65 Å². The van der Waals surface area contributed by atoms with Crippen LogP contribution in [-0.2, 0) is 23.8 Å². The quantitative estimate of drug-likeness (QED) is 0.251. The van der Waals surface area contributed by atoms with Crippen molar-refractivity contribution in [2.45, 2.75) is 72.4 Å². The number of fused-ring (bicyclic) bond motifs is 2. The molecule has 4 aromatic rings. The summed E-state index contributed by atoms with van der Waals surface area (Å²) in [6.45, 7) is 9.95. The molecule has 1 aliphatic heterocycles. The maximum atomic E-state index is 13.4. The number of thioether (sulfide) groups is 1.